The number of benzene rings is 2. The summed E-state index contributed by atoms with van der Waals surface area (Å²) in [6.07, 6.45) is 0. The van der Waals surface area contributed by atoms with Crippen LogP contribution in [0, 0.1) is 0 Å². The maximum atomic E-state index is 6.19. The predicted octanol–water partition coefficient (Wildman–Crippen LogP) is 2.17. The molecule has 2 aromatic carbocycles. The molecule has 1 aliphatic heterocycles. The minimum atomic E-state index is 0.914. The zero-order valence-corrected chi connectivity index (χ0v) is 11.5. The third-order valence-corrected chi connectivity index (χ3v) is 4.00. The van der Waals surface area contributed by atoms with Crippen LogP contribution in [-0.2, 0) is 6.54 Å². The average Bonchev–Trinajstić information content (AvgIpc) is 2.42. The Balaban J connectivity index is 1.82. The van der Waals surface area contributed by atoms with Gasteiger partial charge >= 0.3 is 0 Å². The van der Waals surface area contributed by atoms with Crippen LogP contribution in [0.3, 0.4) is 0 Å². The topological polar surface area (TPSA) is 32.5 Å². The number of nitrogens with zero attached hydrogens (tertiary/aromatic N) is 2. The van der Waals surface area contributed by atoms with Gasteiger partial charge in [0.05, 0.1) is 0 Å². The van der Waals surface area contributed by atoms with E-state index < -0.39 is 0 Å². The molecule has 0 aliphatic carbocycles. The lowest BCUT2D eigenvalue weighted by molar-refractivity contribution is 0.148. The van der Waals surface area contributed by atoms with Crippen LogP contribution >= 0.6 is 0 Å². The Hall–Kier alpha value is -1.58. The van der Waals surface area contributed by atoms with Crippen molar-refractivity contribution in [3.8, 4) is 0 Å². The normalized spacial score (nSPS) is 17.9. The number of piperazine rings is 1. The smallest absolute Gasteiger partial charge is 0.0366 e. The highest BCUT2D eigenvalue weighted by Crippen LogP contribution is 2.23. The van der Waals surface area contributed by atoms with Crippen LogP contribution in [0.5, 0.6) is 0 Å². The Morgan fingerprint density at radius 1 is 1.00 bits per heavy atom. The Bertz CT molecular complexity index is 571. The van der Waals surface area contributed by atoms with Gasteiger partial charge in [0.1, 0.15) is 0 Å². The lowest BCUT2D eigenvalue weighted by Gasteiger charge is -2.32. The summed E-state index contributed by atoms with van der Waals surface area (Å²) in [4.78, 5) is 4.86. The molecule has 0 radical (unpaired) electrons. The molecule has 3 rings (SSSR count). The standard InChI is InChI=1S/C16H21N3/c1-18-6-8-19(9-7-18)12-15-10-13-4-2-3-5-14(13)11-16(15)17/h2-5,10-11H,6-9,12,17H2,1H3. The van der Waals surface area contributed by atoms with Crippen molar-refractivity contribution < 1.29 is 0 Å². The number of rotatable bonds is 2. The molecule has 2 aromatic rings. The summed E-state index contributed by atoms with van der Waals surface area (Å²) >= 11 is 0. The minimum absolute atomic E-state index is 0.914. The first kappa shape index (κ1) is 12.5. The van der Waals surface area contributed by atoms with Gasteiger partial charge in [0.25, 0.3) is 0 Å². The van der Waals surface area contributed by atoms with Gasteiger partial charge in [0.15, 0.2) is 0 Å². The summed E-state index contributed by atoms with van der Waals surface area (Å²) in [7, 11) is 2.18. The molecule has 1 saturated heterocycles. The van der Waals surface area contributed by atoms with E-state index in [9.17, 15) is 0 Å². The summed E-state index contributed by atoms with van der Waals surface area (Å²) < 4.78 is 0. The number of likely N-dealkylation sites (N-methyl/N-ethyl adjacent to an activating group) is 1. The highest BCUT2D eigenvalue weighted by atomic mass is 15.2. The Kier molecular flexibility index (Phi) is 3.40. The number of hydrogen-bond acceptors (Lipinski definition) is 3. The van der Waals surface area contributed by atoms with E-state index in [0.29, 0.717) is 0 Å². The maximum Gasteiger partial charge on any atom is 0.0366 e. The van der Waals surface area contributed by atoms with Crippen LogP contribution in [0.1, 0.15) is 5.56 Å². The van der Waals surface area contributed by atoms with E-state index in [4.69, 9.17) is 5.73 Å². The van der Waals surface area contributed by atoms with E-state index in [2.05, 4.69) is 53.2 Å². The van der Waals surface area contributed by atoms with Crippen molar-refractivity contribution in [3.05, 3.63) is 42.0 Å². The van der Waals surface area contributed by atoms with Gasteiger partial charge in [-0.2, -0.15) is 0 Å². The second-order valence-corrected chi connectivity index (χ2v) is 5.48. The summed E-state index contributed by atoms with van der Waals surface area (Å²) in [6.45, 7) is 5.51. The molecular weight excluding hydrogens is 234 g/mol. The zero-order chi connectivity index (χ0) is 13.2. The summed E-state index contributed by atoms with van der Waals surface area (Å²) in [5.41, 5.74) is 8.36. The molecule has 0 aromatic heterocycles. The molecule has 3 heteroatoms. The van der Waals surface area contributed by atoms with Gasteiger partial charge in [-0.1, -0.05) is 24.3 Å². The monoisotopic (exact) mass is 255 g/mol. The first-order valence-electron chi connectivity index (χ1n) is 6.90. The summed E-state index contributed by atoms with van der Waals surface area (Å²) in [6, 6.07) is 12.7. The fraction of sp³-hybridized carbons (Fsp3) is 0.375. The van der Waals surface area contributed by atoms with Crippen LogP contribution in [-0.4, -0.2) is 43.0 Å². The van der Waals surface area contributed by atoms with Crippen molar-refractivity contribution in [2.24, 2.45) is 0 Å². The Morgan fingerprint density at radius 3 is 2.32 bits per heavy atom. The van der Waals surface area contributed by atoms with Crippen molar-refractivity contribution in [2.75, 3.05) is 39.0 Å². The quantitative estimate of drug-likeness (QED) is 0.835. The third kappa shape index (κ3) is 2.72. The average molecular weight is 255 g/mol. The van der Waals surface area contributed by atoms with Crippen molar-refractivity contribution in [1.82, 2.24) is 9.80 Å². The van der Waals surface area contributed by atoms with Crippen LogP contribution in [0.2, 0.25) is 0 Å². The molecule has 19 heavy (non-hydrogen) atoms. The van der Waals surface area contributed by atoms with E-state index in [1.807, 2.05) is 0 Å². The molecule has 100 valence electrons. The number of anilines is 1. The summed E-state index contributed by atoms with van der Waals surface area (Å²) in [5, 5.41) is 2.50. The van der Waals surface area contributed by atoms with E-state index in [0.717, 1.165) is 38.4 Å². The minimum Gasteiger partial charge on any atom is -0.398 e. The maximum absolute atomic E-state index is 6.19. The largest absolute Gasteiger partial charge is 0.398 e. The molecule has 0 unspecified atom stereocenters. The molecule has 1 aliphatic rings. The van der Waals surface area contributed by atoms with E-state index in [1.165, 1.54) is 16.3 Å². The van der Waals surface area contributed by atoms with Crippen LogP contribution < -0.4 is 5.73 Å². The van der Waals surface area contributed by atoms with Gasteiger partial charge in [-0.3, -0.25) is 4.90 Å². The number of nitrogen functional groups attached to an aromatic ring is 1. The van der Waals surface area contributed by atoms with Crippen molar-refractivity contribution in [2.45, 2.75) is 6.54 Å². The molecule has 2 N–H and O–H groups in total. The molecule has 0 saturated carbocycles. The molecule has 1 heterocycles. The molecule has 0 bridgehead atoms. The van der Waals surface area contributed by atoms with Crippen LogP contribution in [0.4, 0.5) is 5.69 Å². The Labute approximate surface area is 114 Å². The van der Waals surface area contributed by atoms with Gasteiger partial charge in [0, 0.05) is 38.4 Å². The molecule has 0 atom stereocenters. The second-order valence-electron chi connectivity index (χ2n) is 5.48. The first-order chi connectivity index (χ1) is 9.22. The van der Waals surface area contributed by atoms with Gasteiger partial charge in [-0.25, -0.2) is 0 Å². The molecular formula is C16H21N3. The molecule has 0 amide bonds. The van der Waals surface area contributed by atoms with Gasteiger partial charge in [-0.15, -0.1) is 0 Å². The zero-order valence-electron chi connectivity index (χ0n) is 11.5. The fourth-order valence-electron chi connectivity index (χ4n) is 2.69. The SMILES string of the molecule is CN1CCN(Cc2cc3ccccc3cc2N)CC1. The number of hydrogen-bond donors (Lipinski definition) is 1. The first-order valence-corrected chi connectivity index (χ1v) is 6.90. The van der Waals surface area contributed by atoms with Gasteiger partial charge < -0.3 is 10.6 Å². The van der Waals surface area contributed by atoms with Crippen molar-refractivity contribution >= 4 is 16.5 Å². The lowest BCUT2D eigenvalue weighted by atomic mass is 10.0. The van der Waals surface area contributed by atoms with Crippen molar-refractivity contribution in [3.63, 3.8) is 0 Å². The van der Waals surface area contributed by atoms with E-state index >= 15 is 0 Å². The van der Waals surface area contributed by atoms with Crippen LogP contribution in [0.15, 0.2) is 36.4 Å². The van der Waals surface area contributed by atoms with E-state index in [1.54, 1.807) is 0 Å². The fourth-order valence-corrected chi connectivity index (χ4v) is 2.69. The van der Waals surface area contributed by atoms with E-state index in [-0.39, 0.29) is 0 Å². The number of nitrogens with two attached hydrogens (primary N) is 1. The van der Waals surface area contributed by atoms with Gasteiger partial charge in [-0.05, 0) is 35.5 Å². The second kappa shape index (κ2) is 5.19. The van der Waals surface area contributed by atoms with Crippen LogP contribution in [0.25, 0.3) is 10.8 Å². The highest BCUT2D eigenvalue weighted by Gasteiger charge is 2.15. The highest BCUT2D eigenvalue weighted by molar-refractivity contribution is 5.86. The summed E-state index contributed by atoms with van der Waals surface area (Å²) in [5.74, 6) is 0. The molecule has 0 spiro atoms. The van der Waals surface area contributed by atoms with Gasteiger partial charge in [0.2, 0.25) is 0 Å². The molecule has 1 fully saturated rings. The Morgan fingerprint density at radius 2 is 1.63 bits per heavy atom. The predicted molar refractivity (Wildman–Crippen MR) is 81.1 cm³/mol. The lowest BCUT2D eigenvalue weighted by Crippen LogP contribution is -2.43. The molecule has 3 nitrogen and oxygen atoms in total. The van der Waals surface area contributed by atoms with Crippen molar-refractivity contribution in [1.29, 1.82) is 0 Å². The number of fused-ring (bicyclic) bond motifs is 1. The third-order valence-electron chi connectivity index (χ3n) is 4.00.